The normalized spacial score (nSPS) is 31.3. The van der Waals surface area contributed by atoms with Crippen LogP contribution in [0, 0.1) is 0 Å². The average molecular weight is 299 g/mol. The number of hydrogen-bond donors (Lipinski definition) is 0. The van der Waals surface area contributed by atoms with E-state index in [0.29, 0.717) is 6.54 Å². The van der Waals surface area contributed by atoms with E-state index >= 15 is 0 Å². The molecule has 0 N–H and O–H groups in total. The topological polar surface area (TPSA) is 43.9 Å². The minimum atomic E-state index is -0.586. The largest absolute Gasteiger partial charge is 0.369 e. The summed E-state index contributed by atoms with van der Waals surface area (Å²) in [6.07, 6.45) is 2.59. The standard InChI is InChI=1S/C17H21N3O2/c1-17-9-5-10-19(17)16(22)20(15(17)21)14-8-11-18(12-14)13-6-3-2-4-7-13/h2-4,6-7,14H,5,8-12H2,1H3/t14-,17-/m0/s1. The second-order valence-corrected chi connectivity index (χ2v) is 6.71. The summed E-state index contributed by atoms with van der Waals surface area (Å²) in [5.74, 6) is 0.00918. The number of amides is 3. The zero-order valence-electron chi connectivity index (χ0n) is 12.9. The number of rotatable bonds is 2. The van der Waals surface area contributed by atoms with Gasteiger partial charge in [-0.25, -0.2) is 4.79 Å². The van der Waals surface area contributed by atoms with E-state index in [1.165, 1.54) is 0 Å². The number of fused-ring (bicyclic) bond motifs is 1. The molecule has 1 aromatic carbocycles. The van der Waals surface area contributed by atoms with Crippen LogP contribution in [0.25, 0.3) is 0 Å². The molecule has 3 fully saturated rings. The van der Waals surface area contributed by atoms with Crippen LogP contribution in [0.4, 0.5) is 10.5 Å². The van der Waals surface area contributed by atoms with E-state index < -0.39 is 5.54 Å². The molecule has 0 aliphatic carbocycles. The molecule has 0 saturated carbocycles. The SMILES string of the molecule is C[C@@]12CCCN1C(=O)N([C@H]1CCN(c3ccccc3)C1)C2=O. The van der Waals surface area contributed by atoms with Crippen LogP contribution >= 0.6 is 0 Å². The number of para-hydroxylation sites is 1. The van der Waals surface area contributed by atoms with Gasteiger partial charge in [0.1, 0.15) is 5.54 Å². The molecule has 0 bridgehead atoms. The fourth-order valence-corrected chi connectivity index (χ4v) is 4.12. The Morgan fingerprint density at radius 1 is 1.14 bits per heavy atom. The van der Waals surface area contributed by atoms with E-state index in [9.17, 15) is 9.59 Å². The summed E-state index contributed by atoms with van der Waals surface area (Å²) in [6, 6.07) is 10.1. The molecule has 3 aliphatic heterocycles. The van der Waals surface area contributed by atoms with Gasteiger partial charge < -0.3 is 9.80 Å². The molecule has 3 heterocycles. The third-order valence-electron chi connectivity index (χ3n) is 5.41. The van der Waals surface area contributed by atoms with Crippen molar-refractivity contribution in [1.29, 1.82) is 0 Å². The first-order chi connectivity index (χ1) is 10.6. The van der Waals surface area contributed by atoms with Crippen molar-refractivity contribution in [2.75, 3.05) is 24.5 Å². The van der Waals surface area contributed by atoms with Crippen LogP contribution in [0.2, 0.25) is 0 Å². The summed E-state index contributed by atoms with van der Waals surface area (Å²) >= 11 is 0. The Labute approximate surface area is 130 Å². The fraction of sp³-hybridized carbons (Fsp3) is 0.529. The summed E-state index contributed by atoms with van der Waals surface area (Å²) in [5.41, 5.74) is 0.577. The van der Waals surface area contributed by atoms with Gasteiger partial charge in [-0.1, -0.05) is 18.2 Å². The van der Waals surface area contributed by atoms with Crippen molar-refractivity contribution in [3.05, 3.63) is 30.3 Å². The maximum Gasteiger partial charge on any atom is 0.327 e. The van der Waals surface area contributed by atoms with E-state index in [1.54, 1.807) is 9.80 Å². The van der Waals surface area contributed by atoms with Gasteiger partial charge >= 0.3 is 6.03 Å². The predicted molar refractivity (Wildman–Crippen MR) is 83.6 cm³/mol. The maximum atomic E-state index is 12.8. The van der Waals surface area contributed by atoms with Crippen molar-refractivity contribution in [2.45, 2.75) is 37.8 Å². The molecule has 3 aliphatic rings. The molecule has 0 radical (unpaired) electrons. The van der Waals surface area contributed by atoms with E-state index in [0.717, 1.165) is 38.0 Å². The quantitative estimate of drug-likeness (QED) is 0.785. The molecule has 5 nitrogen and oxygen atoms in total. The van der Waals surface area contributed by atoms with Gasteiger partial charge in [0.05, 0.1) is 6.04 Å². The van der Waals surface area contributed by atoms with Crippen molar-refractivity contribution in [2.24, 2.45) is 0 Å². The highest BCUT2D eigenvalue weighted by Crippen LogP contribution is 2.39. The van der Waals surface area contributed by atoms with Gasteiger partial charge in [-0.15, -0.1) is 0 Å². The van der Waals surface area contributed by atoms with Crippen LogP contribution < -0.4 is 4.90 Å². The van der Waals surface area contributed by atoms with Crippen molar-refractivity contribution in [3.8, 4) is 0 Å². The maximum absolute atomic E-state index is 12.8. The Balaban J connectivity index is 1.54. The highest BCUT2D eigenvalue weighted by atomic mass is 16.2. The molecule has 3 saturated heterocycles. The molecular formula is C17H21N3O2. The Morgan fingerprint density at radius 3 is 2.64 bits per heavy atom. The van der Waals surface area contributed by atoms with Gasteiger partial charge in [0.2, 0.25) is 0 Å². The Hall–Kier alpha value is -2.04. The average Bonchev–Trinajstić information content (AvgIpc) is 3.19. The zero-order chi connectivity index (χ0) is 15.3. The van der Waals surface area contributed by atoms with E-state index in [1.807, 2.05) is 25.1 Å². The lowest BCUT2D eigenvalue weighted by Gasteiger charge is -2.24. The molecule has 1 aromatic rings. The number of carbonyl (C=O) groups excluding carboxylic acids is 2. The van der Waals surface area contributed by atoms with Gasteiger partial charge in [0.25, 0.3) is 5.91 Å². The molecule has 22 heavy (non-hydrogen) atoms. The summed E-state index contributed by atoms with van der Waals surface area (Å²) < 4.78 is 0. The highest BCUT2D eigenvalue weighted by molar-refractivity contribution is 6.07. The number of anilines is 1. The molecule has 4 rings (SSSR count). The van der Waals surface area contributed by atoms with Gasteiger partial charge in [-0.05, 0) is 38.3 Å². The smallest absolute Gasteiger partial charge is 0.327 e. The molecular weight excluding hydrogens is 278 g/mol. The molecule has 2 atom stereocenters. The van der Waals surface area contributed by atoms with Gasteiger partial charge in [0, 0.05) is 25.3 Å². The number of hydrogen-bond acceptors (Lipinski definition) is 3. The Kier molecular flexibility index (Phi) is 2.93. The molecule has 0 spiro atoms. The predicted octanol–water partition coefficient (Wildman–Crippen LogP) is 2.08. The van der Waals surface area contributed by atoms with Crippen molar-refractivity contribution in [1.82, 2.24) is 9.80 Å². The lowest BCUT2D eigenvalue weighted by Crippen LogP contribution is -2.45. The molecule has 0 aromatic heterocycles. The third kappa shape index (κ3) is 1.77. The van der Waals surface area contributed by atoms with Gasteiger partial charge in [-0.3, -0.25) is 9.69 Å². The third-order valence-corrected chi connectivity index (χ3v) is 5.41. The minimum Gasteiger partial charge on any atom is -0.369 e. The molecule has 3 amide bonds. The first-order valence-corrected chi connectivity index (χ1v) is 8.06. The monoisotopic (exact) mass is 299 g/mol. The second-order valence-electron chi connectivity index (χ2n) is 6.71. The van der Waals surface area contributed by atoms with Crippen LogP contribution in [-0.2, 0) is 4.79 Å². The van der Waals surface area contributed by atoms with Crippen molar-refractivity contribution >= 4 is 17.6 Å². The summed E-state index contributed by atoms with van der Waals surface area (Å²) in [7, 11) is 0. The van der Waals surface area contributed by atoms with E-state index in [-0.39, 0.29) is 18.0 Å². The van der Waals surface area contributed by atoms with Crippen LogP contribution in [-0.4, -0.2) is 53.0 Å². The van der Waals surface area contributed by atoms with Crippen LogP contribution in [0.15, 0.2) is 30.3 Å². The first-order valence-electron chi connectivity index (χ1n) is 8.06. The number of nitrogens with zero attached hydrogens (tertiary/aromatic N) is 3. The van der Waals surface area contributed by atoms with Gasteiger partial charge in [-0.2, -0.15) is 0 Å². The molecule has 0 unspecified atom stereocenters. The first kappa shape index (κ1) is 13.6. The van der Waals surface area contributed by atoms with Crippen molar-refractivity contribution < 1.29 is 9.59 Å². The van der Waals surface area contributed by atoms with Crippen LogP contribution in [0.3, 0.4) is 0 Å². The Bertz CT molecular complexity index is 618. The van der Waals surface area contributed by atoms with E-state index in [2.05, 4.69) is 17.0 Å². The van der Waals surface area contributed by atoms with Crippen LogP contribution in [0.1, 0.15) is 26.2 Å². The lowest BCUT2D eigenvalue weighted by molar-refractivity contribution is -0.133. The minimum absolute atomic E-state index is 0.00244. The second kappa shape index (κ2) is 4.73. The molecule has 116 valence electrons. The van der Waals surface area contributed by atoms with Crippen LogP contribution in [0.5, 0.6) is 0 Å². The number of urea groups is 1. The Morgan fingerprint density at radius 2 is 1.91 bits per heavy atom. The van der Waals surface area contributed by atoms with E-state index in [4.69, 9.17) is 0 Å². The summed E-state index contributed by atoms with van der Waals surface area (Å²) in [5, 5.41) is 0. The summed E-state index contributed by atoms with van der Waals surface area (Å²) in [6.45, 7) is 4.27. The number of benzene rings is 1. The number of imide groups is 1. The molecule has 5 heteroatoms. The summed E-state index contributed by atoms with van der Waals surface area (Å²) in [4.78, 5) is 31.0. The zero-order valence-corrected chi connectivity index (χ0v) is 12.9. The fourth-order valence-electron chi connectivity index (χ4n) is 4.12. The number of carbonyl (C=O) groups is 2. The van der Waals surface area contributed by atoms with Crippen molar-refractivity contribution in [3.63, 3.8) is 0 Å². The lowest BCUT2D eigenvalue weighted by atomic mass is 9.99. The highest BCUT2D eigenvalue weighted by Gasteiger charge is 2.58. The van der Waals surface area contributed by atoms with Gasteiger partial charge in [0.15, 0.2) is 0 Å².